The SMILES string of the molecule is C[Si](C)(C)C[C@@]1(O)[C@H]2CCC[C@@H](C2)[C@@]1(O)C[Si](C)(C)C. The predicted molar refractivity (Wildman–Crippen MR) is 91.7 cm³/mol. The fraction of sp³-hybridized carbons (Fsp3) is 1.00. The number of fused-ring (bicyclic) bond motifs is 2. The minimum atomic E-state index is -1.41. The zero-order valence-electron chi connectivity index (χ0n) is 14.3. The molecule has 2 saturated carbocycles. The highest BCUT2D eigenvalue weighted by Crippen LogP contribution is 2.59. The first-order valence-electron chi connectivity index (χ1n) is 8.32. The molecule has 0 radical (unpaired) electrons. The van der Waals surface area contributed by atoms with E-state index in [1.54, 1.807) is 0 Å². The third-order valence-electron chi connectivity index (χ3n) is 5.37. The van der Waals surface area contributed by atoms with Crippen molar-refractivity contribution in [2.45, 2.75) is 88.3 Å². The molecule has 0 aromatic carbocycles. The van der Waals surface area contributed by atoms with E-state index in [9.17, 15) is 10.2 Å². The second-order valence-corrected chi connectivity index (χ2v) is 20.8. The molecule has 0 aromatic rings. The maximum absolute atomic E-state index is 11.6. The molecule has 0 amide bonds. The van der Waals surface area contributed by atoms with Crippen LogP contribution in [0.1, 0.15) is 25.7 Å². The molecule has 0 aliphatic heterocycles. The smallest absolute Gasteiger partial charge is 0.0938 e. The Morgan fingerprint density at radius 1 is 0.800 bits per heavy atom. The Hall–Kier alpha value is 0.354. The minimum Gasteiger partial charge on any atom is -0.387 e. The van der Waals surface area contributed by atoms with Crippen molar-refractivity contribution in [3.05, 3.63) is 0 Å². The topological polar surface area (TPSA) is 40.5 Å². The Kier molecular flexibility index (Phi) is 4.12. The van der Waals surface area contributed by atoms with Crippen LogP contribution in [0.2, 0.25) is 51.4 Å². The molecule has 2 nitrogen and oxygen atoms in total. The van der Waals surface area contributed by atoms with Crippen LogP contribution in [0.25, 0.3) is 0 Å². The molecule has 2 N–H and O–H groups in total. The van der Waals surface area contributed by atoms with Crippen LogP contribution in [0.4, 0.5) is 0 Å². The zero-order chi connectivity index (χ0) is 15.4. The van der Waals surface area contributed by atoms with Gasteiger partial charge in [0, 0.05) is 16.1 Å². The molecule has 2 bridgehead atoms. The summed E-state index contributed by atoms with van der Waals surface area (Å²) in [5.41, 5.74) is -1.61. The van der Waals surface area contributed by atoms with E-state index < -0.39 is 27.3 Å². The van der Waals surface area contributed by atoms with Gasteiger partial charge in [-0.2, -0.15) is 0 Å². The Morgan fingerprint density at radius 3 is 1.45 bits per heavy atom. The summed E-state index contributed by atoms with van der Waals surface area (Å²) in [4.78, 5) is 0. The predicted octanol–water partition coefficient (Wildman–Crippen LogP) is 3.95. The van der Waals surface area contributed by atoms with E-state index in [4.69, 9.17) is 0 Å². The van der Waals surface area contributed by atoms with Crippen molar-refractivity contribution >= 4 is 16.1 Å². The van der Waals surface area contributed by atoms with Gasteiger partial charge in [0.15, 0.2) is 0 Å². The van der Waals surface area contributed by atoms with Crippen molar-refractivity contribution in [1.82, 2.24) is 0 Å². The Balaban J connectivity index is 2.39. The average molecular weight is 315 g/mol. The van der Waals surface area contributed by atoms with Gasteiger partial charge in [-0.15, -0.1) is 0 Å². The summed E-state index contributed by atoms with van der Waals surface area (Å²) in [6, 6.07) is 1.73. The lowest BCUT2D eigenvalue weighted by Crippen LogP contribution is -2.60. The first-order valence-corrected chi connectivity index (χ1v) is 15.7. The van der Waals surface area contributed by atoms with Crippen LogP contribution in [0.3, 0.4) is 0 Å². The van der Waals surface area contributed by atoms with E-state index >= 15 is 0 Å². The lowest BCUT2D eigenvalue weighted by Gasteiger charge is -2.47. The minimum absolute atomic E-state index is 0.342. The Morgan fingerprint density at radius 2 is 1.15 bits per heavy atom. The molecule has 4 heteroatoms. The molecule has 0 saturated heterocycles. The second kappa shape index (κ2) is 4.93. The van der Waals surface area contributed by atoms with Gasteiger partial charge in [0.05, 0.1) is 11.2 Å². The van der Waals surface area contributed by atoms with Crippen molar-refractivity contribution in [2.75, 3.05) is 0 Å². The van der Waals surface area contributed by atoms with E-state index in [0.29, 0.717) is 11.8 Å². The highest BCUT2D eigenvalue weighted by atomic mass is 28.3. The summed E-state index contributed by atoms with van der Waals surface area (Å²) >= 11 is 0. The molecule has 4 atom stereocenters. The van der Waals surface area contributed by atoms with Crippen molar-refractivity contribution in [2.24, 2.45) is 11.8 Å². The standard InChI is InChI=1S/C16H34O2Si2/c1-19(2,3)11-15(17)13-8-7-9-14(10-13)16(15,18)12-20(4,5)6/h13-14,17-18H,7-12H2,1-6H3/t13-,14-,15-,16+/m0/s1. The second-order valence-electron chi connectivity index (χ2n) is 9.88. The molecule has 0 aromatic heterocycles. The third-order valence-corrected chi connectivity index (χ3v) is 8.57. The van der Waals surface area contributed by atoms with Crippen molar-refractivity contribution in [3.8, 4) is 0 Å². The van der Waals surface area contributed by atoms with Crippen LogP contribution in [0.5, 0.6) is 0 Å². The van der Waals surface area contributed by atoms with E-state index in [-0.39, 0.29) is 0 Å². The summed E-state index contributed by atoms with van der Waals surface area (Å²) in [5, 5.41) is 23.2. The van der Waals surface area contributed by atoms with Gasteiger partial charge in [-0.1, -0.05) is 45.7 Å². The Labute approximate surface area is 127 Å². The van der Waals surface area contributed by atoms with E-state index in [2.05, 4.69) is 39.3 Å². The normalized spacial score (nSPS) is 42.0. The summed E-state index contributed by atoms with van der Waals surface area (Å²) < 4.78 is 0. The molecule has 2 rings (SSSR count). The van der Waals surface area contributed by atoms with Gasteiger partial charge in [-0.25, -0.2) is 0 Å². The quantitative estimate of drug-likeness (QED) is 0.772. The lowest BCUT2D eigenvalue weighted by molar-refractivity contribution is -0.140. The van der Waals surface area contributed by atoms with Crippen LogP contribution in [-0.2, 0) is 0 Å². The molecule has 2 aliphatic rings. The molecule has 2 aliphatic carbocycles. The first kappa shape index (κ1) is 16.7. The summed E-state index contributed by atoms with van der Waals surface area (Å²) in [6.45, 7) is 13.9. The molecule has 20 heavy (non-hydrogen) atoms. The summed E-state index contributed by atoms with van der Waals surface area (Å²) in [5.74, 6) is 0.684. The van der Waals surface area contributed by atoms with Gasteiger partial charge in [-0.05, 0) is 43.2 Å². The van der Waals surface area contributed by atoms with Crippen LogP contribution in [0, 0.1) is 11.8 Å². The van der Waals surface area contributed by atoms with Crippen LogP contribution in [0.15, 0.2) is 0 Å². The van der Waals surface area contributed by atoms with E-state index in [1.165, 1.54) is 6.42 Å². The number of hydrogen-bond donors (Lipinski definition) is 2. The monoisotopic (exact) mass is 314 g/mol. The number of hydrogen-bond acceptors (Lipinski definition) is 2. The average Bonchev–Trinajstić information content (AvgIpc) is 2.35. The maximum atomic E-state index is 11.6. The third kappa shape index (κ3) is 2.94. The Bertz CT molecular complexity index is 338. The molecule has 0 unspecified atom stereocenters. The van der Waals surface area contributed by atoms with Gasteiger partial charge in [-0.3, -0.25) is 0 Å². The first-order chi connectivity index (χ1) is 8.87. The molecular weight excluding hydrogens is 280 g/mol. The summed E-state index contributed by atoms with van der Waals surface area (Å²) in [7, 11) is -2.83. The van der Waals surface area contributed by atoms with Crippen LogP contribution >= 0.6 is 0 Å². The van der Waals surface area contributed by atoms with Crippen molar-refractivity contribution < 1.29 is 10.2 Å². The van der Waals surface area contributed by atoms with Gasteiger partial charge in [0.2, 0.25) is 0 Å². The van der Waals surface area contributed by atoms with E-state index in [1.807, 2.05) is 0 Å². The maximum Gasteiger partial charge on any atom is 0.0938 e. The number of aliphatic hydroxyl groups is 2. The van der Waals surface area contributed by atoms with Crippen molar-refractivity contribution in [1.29, 1.82) is 0 Å². The molecule has 0 heterocycles. The summed E-state index contributed by atoms with van der Waals surface area (Å²) in [6.07, 6.45) is 4.48. The fourth-order valence-electron chi connectivity index (χ4n) is 4.98. The zero-order valence-corrected chi connectivity index (χ0v) is 16.3. The largest absolute Gasteiger partial charge is 0.387 e. The van der Waals surface area contributed by atoms with Gasteiger partial charge in [0.1, 0.15) is 0 Å². The highest BCUT2D eigenvalue weighted by Gasteiger charge is 2.65. The van der Waals surface area contributed by atoms with Gasteiger partial charge in [0.25, 0.3) is 0 Å². The molecule has 0 spiro atoms. The van der Waals surface area contributed by atoms with Gasteiger partial charge >= 0.3 is 0 Å². The number of rotatable bonds is 4. The molecular formula is C16H34O2Si2. The molecule has 118 valence electrons. The van der Waals surface area contributed by atoms with Crippen LogP contribution in [-0.4, -0.2) is 37.6 Å². The van der Waals surface area contributed by atoms with E-state index in [0.717, 1.165) is 31.4 Å². The van der Waals surface area contributed by atoms with Gasteiger partial charge < -0.3 is 10.2 Å². The lowest BCUT2D eigenvalue weighted by atomic mass is 9.81. The van der Waals surface area contributed by atoms with Crippen LogP contribution < -0.4 is 0 Å². The molecule has 2 fully saturated rings. The fourth-order valence-corrected chi connectivity index (χ4v) is 9.40. The highest BCUT2D eigenvalue weighted by molar-refractivity contribution is 6.77. The van der Waals surface area contributed by atoms with Crippen molar-refractivity contribution in [3.63, 3.8) is 0 Å².